The van der Waals surface area contributed by atoms with Gasteiger partial charge in [0.25, 0.3) is 5.91 Å². The second-order valence-electron chi connectivity index (χ2n) is 6.07. The number of carbonyl (C=O) groups is 1. The van der Waals surface area contributed by atoms with Crippen LogP contribution < -0.4 is 10.6 Å². The van der Waals surface area contributed by atoms with E-state index in [2.05, 4.69) is 20.6 Å². The zero-order valence-electron chi connectivity index (χ0n) is 14.9. The maximum atomic E-state index is 13.0. The van der Waals surface area contributed by atoms with Gasteiger partial charge in [0.15, 0.2) is 0 Å². The fourth-order valence-corrected chi connectivity index (χ4v) is 2.55. The van der Waals surface area contributed by atoms with Crippen molar-refractivity contribution in [3.05, 3.63) is 83.2 Å². The molecule has 0 bridgehead atoms. The van der Waals surface area contributed by atoms with Crippen molar-refractivity contribution in [2.45, 2.75) is 19.6 Å². The van der Waals surface area contributed by atoms with Gasteiger partial charge in [-0.3, -0.25) is 4.79 Å². The molecule has 0 fully saturated rings. The lowest BCUT2D eigenvalue weighted by Gasteiger charge is -2.13. The topological polar surface area (TPSA) is 66.9 Å². The Morgan fingerprint density at radius 1 is 1.00 bits per heavy atom. The molecule has 2 aromatic carbocycles. The highest BCUT2D eigenvalue weighted by Gasteiger charge is 2.33. The molecule has 1 amide bonds. The second-order valence-corrected chi connectivity index (χ2v) is 6.07. The first-order valence-electron chi connectivity index (χ1n) is 8.42. The molecule has 0 radical (unpaired) electrons. The number of hydrogen-bond donors (Lipinski definition) is 2. The maximum Gasteiger partial charge on any atom is 0.418 e. The van der Waals surface area contributed by atoms with Gasteiger partial charge in [-0.25, -0.2) is 9.97 Å². The number of benzene rings is 2. The van der Waals surface area contributed by atoms with Crippen molar-refractivity contribution >= 4 is 17.5 Å². The summed E-state index contributed by atoms with van der Waals surface area (Å²) in [6, 6.07) is 12.6. The van der Waals surface area contributed by atoms with Crippen LogP contribution in [-0.4, -0.2) is 15.9 Å². The summed E-state index contributed by atoms with van der Waals surface area (Å²) < 4.78 is 39.1. The number of aromatic nitrogens is 2. The summed E-state index contributed by atoms with van der Waals surface area (Å²) in [6.07, 6.45) is -2.04. The van der Waals surface area contributed by atoms with Gasteiger partial charge in [-0.15, -0.1) is 0 Å². The minimum atomic E-state index is -4.57. The van der Waals surface area contributed by atoms with Crippen molar-refractivity contribution in [3.8, 4) is 0 Å². The zero-order valence-corrected chi connectivity index (χ0v) is 14.9. The molecule has 0 aliphatic carbocycles. The number of amides is 1. The molecule has 1 heterocycles. The van der Waals surface area contributed by atoms with E-state index in [0.717, 1.165) is 17.2 Å². The van der Waals surface area contributed by atoms with E-state index in [4.69, 9.17) is 0 Å². The molecule has 5 nitrogen and oxygen atoms in total. The molecule has 1 aromatic heterocycles. The Morgan fingerprint density at radius 3 is 2.32 bits per heavy atom. The Morgan fingerprint density at radius 2 is 1.64 bits per heavy atom. The summed E-state index contributed by atoms with van der Waals surface area (Å²) in [7, 11) is 0. The monoisotopic (exact) mass is 386 g/mol. The van der Waals surface area contributed by atoms with E-state index in [1.54, 1.807) is 0 Å². The fraction of sp³-hybridized carbons (Fsp3) is 0.150. The second kappa shape index (κ2) is 8.08. The largest absolute Gasteiger partial charge is 0.418 e. The maximum absolute atomic E-state index is 13.0. The van der Waals surface area contributed by atoms with Crippen LogP contribution in [0.25, 0.3) is 0 Å². The Bertz CT molecular complexity index is 972. The van der Waals surface area contributed by atoms with Crippen molar-refractivity contribution in [2.75, 3.05) is 10.6 Å². The lowest BCUT2D eigenvalue weighted by molar-refractivity contribution is -0.136. The van der Waals surface area contributed by atoms with Crippen LogP contribution in [0.2, 0.25) is 0 Å². The summed E-state index contributed by atoms with van der Waals surface area (Å²) >= 11 is 0. The van der Waals surface area contributed by atoms with Crippen molar-refractivity contribution in [3.63, 3.8) is 0 Å². The van der Waals surface area contributed by atoms with Crippen molar-refractivity contribution in [1.29, 1.82) is 0 Å². The molecule has 0 aliphatic heterocycles. The van der Waals surface area contributed by atoms with Crippen LogP contribution in [0.5, 0.6) is 0 Å². The molecule has 2 N–H and O–H groups in total. The molecule has 8 heteroatoms. The molecule has 0 saturated heterocycles. The Hall–Kier alpha value is -3.42. The lowest BCUT2D eigenvalue weighted by Crippen LogP contribution is -2.17. The molecule has 144 valence electrons. The predicted octanol–water partition coefficient (Wildman–Crippen LogP) is 4.67. The number of para-hydroxylation sites is 1. The average Bonchev–Trinajstić information content (AvgIpc) is 2.67. The molecule has 3 rings (SSSR count). The van der Waals surface area contributed by atoms with Crippen molar-refractivity contribution in [1.82, 2.24) is 9.97 Å². The van der Waals surface area contributed by atoms with E-state index in [0.29, 0.717) is 12.5 Å². The molecule has 0 aliphatic rings. The number of anilines is 2. The summed E-state index contributed by atoms with van der Waals surface area (Å²) in [4.78, 5) is 20.4. The van der Waals surface area contributed by atoms with Gasteiger partial charge in [0, 0.05) is 18.9 Å². The van der Waals surface area contributed by atoms with Crippen molar-refractivity contribution in [2.24, 2.45) is 0 Å². The SMILES string of the molecule is Cc1ccccc1CNc1ncc(C(=O)Nc2ccccc2C(F)(F)F)cn1. The van der Waals surface area contributed by atoms with E-state index in [-0.39, 0.29) is 11.3 Å². The van der Waals surface area contributed by atoms with E-state index >= 15 is 0 Å². The molecular formula is C20H17F3N4O. The summed E-state index contributed by atoms with van der Waals surface area (Å²) in [6.45, 7) is 2.50. The highest BCUT2D eigenvalue weighted by molar-refractivity contribution is 6.04. The van der Waals surface area contributed by atoms with Gasteiger partial charge >= 0.3 is 6.18 Å². The Labute approximate surface area is 159 Å². The highest BCUT2D eigenvalue weighted by Crippen LogP contribution is 2.34. The number of halogens is 3. The average molecular weight is 386 g/mol. The number of carbonyl (C=O) groups excluding carboxylic acids is 1. The van der Waals surface area contributed by atoms with Crippen molar-refractivity contribution < 1.29 is 18.0 Å². The van der Waals surface area contributed by atoms with Crippen LogP contribution in [0.15, 0.2) is 60.9 Å². The smallest absolute Gasteiger partial charge is 0.350 e. The van der Waals surface area contributed by atoms with Gasteiger partial charge in [0.1, 0.15) is 0 Å². The molecule has 28 heavy (non-hydrogen) atoms. The molecule has 0 saturated carbocycles. The van der Waals surface area contributed by atoms with Crippen LogP contribution >= 0.6 is 0 Å². The summed E-state index contributed by atoms with van der Waals surface area (Å²) in [5, 5.41) is 5.30. The molecule has 3 aromatic rings. The van der Waals surface area contributed by atoms with E-state index in [1.807, 2.05) is 31.2 Å². The van der Waals surface area contributed by atoms with Crippen LogP contribution in [0.1, 0.15) is 27.0 Å². The highest BCUT2D eigenvalue weighted by atomic mass is 19.4. The van der Waals surface area contributed by atoms with Crippen LogP contribution in [-0.2, 0) is 12.7 Å². The standard InChI is InChI=1S/C20H17F3N4O/c1-13-6-2-3-7-14(13)10-24-19-25-11-15(12-26-19)18(28)27-17-9-5-4-8-16(17)20(21,22)23/h2-9,11-12H,10H2,1H3,(H,27,28)(H,24,25,26). The van der Waals surface area contributed by atoms with Gasteiger partial charge < -0.3 is 10.6 Å². The third kappa shape index (κ3) is 4.64. The lowest BCUT2D eigenvalue weighted by atomic mass is 10.1. The first-order valence-corrected chi connectivity index (χ1v) is 8.42. The number of aryl methyl sites for hydroxylation is 1. The fourth-order valence-electron chi connectivity index (χ4n) is 2.55. The van der Waals surface area contributed by atoms with E-state index in [9.17, 15) is 18.0 Å². The first kappa shape index (κ1) is 19.3. The Balaban J connectivity index is 1.67. The van der Waals surface area contributed by atoms with Gasteiger partial charge in [-0.1, -0.05) is 36.4 Å². The third-order valence-corrected chi connectivity index (χ3v) is 4.09. The normalized spacial score (nSPS) is 11.1. The summed E-state index contributed by atoms with van der Waals surface area (Å²) in [5.74, 6) is -0.405. The van der Waals surface area contributed by atoms with Gasteiger partial charge in [-0.2, -0.15) is 13.2 Å². The van der Waals surface area contributed by atoms with Gasteiger partial charge in [0.2, 0.25) is 5.95 Å². The van der Waals surface area contributed by atoms with E-state index < -0.39 is 17.6 Å². The first-order chi connectivity index (χ1) is 13.3. The molecule has 0 unspecified atom stereocenters. The van der Waals surface area contributed by atoms with E-state index in [1.165, 1.54) is 30.6 Å². The molecular weight excluding hydrogens is 369 g/mol. The Kier molecular flexibility index (Phi) is 5.58. The van der Waals surface area contributed by atoms with Crippen LogP contribution in [0.4, 0.5) is 24.8 Å². The number of nitrogens with zero attached hydrogens (tertiary/aromatic N) is 2. The number of hydrogen-bond acceptors (Lipinski definition) is 4. The zero-order chi connectivity index (χ0) is 20.1. The number of rotatable bonds is 5. The third-order valence-electron chi connectivity index (χ3n) is 4.09. The molecule has 0 spiro atoms. The minimum Gasteiger partial charge on any atom is -0.350 e. The molecule has 0 atom stereocenters. The van der Waals surface area contributed by atoms with Crippen LogP contribution in [0, 0.1) is 6.92 Å². The van der Waals surface area contributed by atoms with Gasteiger partial charge in [-0.05, 0) is 30.2 Å². The minimum absolute atomic E-state index is 0.0541. The number of nitrogens with one attached hydrogen (secondary N) is 2. The van der Waals surface area contributed by atoms with Gasteiger partial charge in [0.05, 0.1) is 16.8 Å². The summed E-state index contributed by atoms with van der Waals surface area (Å²) in [5.41, 5.74) is 1.02. The number of alkyl halides is 3. The van der Waals surface area contributed by atoms with Crippen LogP contribution in [0.3, 0.4) is 0 Å². The quantitative estimate of drug-likeness (QED) is 0.669. The predicted molar refractivity (Wildman–Crippen MR) is 99.9 cm³/mol.